The lowest BCUT2D eigenvalue weighted by molar-refractivity contribution is -0.155. The molecule has 0 spiro atoms. The minimum Gasteiger partial charge on any atom is -0.465 e. The van der Waals surface area contributed by atoms with E-state index in [0.717, 1.165) is 0 Å². The normalized spacial score (nSPS) is 25.3. The Morgan fingerprint density at radius 1 is 1.31 bits per heavy atom. The number of nitrogens with two attached hydrogens (primary N) is 1. The van der Waals surface area contributed by atoms with Crippen LogP contribution in [0.3, 0.4) is 0 Å². The van der Waals surface area contributed by atoms with Crippen molar-refractivity contribution in [1.29, 1.82) is 0 Å². The van der Waals surface area contributed by atoms with Gasteiger partial charge in [0.25, 0.3) is 0 Å². The minimum absolute atomic E-state index is 0.0707. The maximum absolute atomic E-state index is 11.6. The second-order valence-corrected chi connectivity index (χ2v) is 5.87. The average Bonchev–Trinajstić information content (AvgIpc) is 3.14. The number of anilines is 1. The third-order valence-electron chi connectivity index (χ3n) is 4.12. The Hall–Kier alpha value is -2.79. The van der Waals surface area contributed by atoms with Crippen LogP contribution in [0, 0.1) is 5.92 Å². The summed E-state index contributed by atoms with van der Waals surface area (Å²) < 4.78 is 17.9. The van der Waals surface area contributed by atoms with E-state index in [-0.39, 0.29) is 19.0 Å². The molecule has 1 aliphatic heterocycles. The van der Waals surface area contributed by atoms with Crippen LogP contribution in [0.4, 0.5) is 5.82 Å². The van der Waals surface area contributed by atoms with Crippen molar-refractivity contribution >= 4 is 28.9 Å². The van der Waals surface area contributed by atoms with Gasteiger partial charge in [-0.3, -0.25) is 14.2 Å². The lowest BCUT2D eigenvalue weighted by Gasteiger charge is -2.23. The van der Waals surface area contributed by atoms with Gasteiger partial charge in [-0.05, 0) is 0 Å². The zero-order valence-corrected chi connectivity index (χ0v) is 14.2. The van der Waals surface area contributed by atoms with Gasteiger partial charge in [-0.2, -0.15) is 0 Å². The van der Waals surface area contributed by atoms with E-state index in [4.69, 9.17) is 19.9 Å². The molecule has 11 nitrogen and oxygen atoms in total. The van der Waals surface area contributed by atoms with E-state index in [2.05, 4.69) is 15.0 Å². The van der Waals surface area contributed by atoms with E-state index in [9.17, 15) is 14.7 Å². The van der Waals surface area contributed by atoms with Crippen LogP contribution >= 0.6 is 0 Å². The first-order valence-corrected chi connectivity index (χ1v) is 7.92. The van der Waals surface area contributed by atoms with E-state index in [0.29, 0.717) is 11.2 Å². The summed E-state index contributed by atoms with van der Waals surface area (Å²) in [5, 5.41) is 9.65. The summed E-state index contributed by atoms with van der Waals surface area (Å²) >= 11 is 0. The molecular formula is C15H19N5O6. The molecule has 4 unspecified atom stereocenters. The van der Waals surface area contributed by atoms with Crippen molar-refractivity contribution in [2.24, 2.45) is 5.92 Å². The predicted octanol–water partition coefficient (Wildman–Crippen LogP) is -0.591. The van der Waals surface area contributed by atoms with Crippen LogP contribution in [0.2, 0.25) is 0 Å². The fraction of sp³-hybridized carbons (Fsp3) is 0.533. The van der Waals surface area contributed by atoms with Crippen molar-refractivity contribution in [3.63, 3.8) is 0 Å². The largest absolute Gasteiger partial charge is 0.465 e. The van der Waals surface area contributed by atoms with Crippen LogP contribution in [-0.4, -0.2) is 62.0 Å². The van der Waals surface area contributed by atoms with Gasteiger partial charge in [0.05, 0.1) is 25.0 Å². The Morgan fingerprint density at radius 3 is 2.73 bits per heavy atom. The Kier molecular flexibility index (Phi) is 5.00. The number of hydrogen-bond acceptors (Lipinski definition) is 10. The van der Waals surface area contributed by atoms with Gasteiger partial charge in [0.2, 0.25) is 0 Å². The first kappa shape index (κ1) is 18.0. The molecule has 26 heavy (non-hydrogen) atoms. The van der Waals surface area contributed by atoms with Gasteiger partial charge in [0.15, 0.2) is 23.8 Å². The number of esters is 2. The highest BCUT2D eigenvalue weighted by Gasteiger charge is 2.48. The van der Waals surface area contributed by atoms with Gasteiger partial charge < -0.3 is 25.1 Å². The monoisotopic (exact) mass is 365 g/mol. The number of nitrogens with zero attached hydrogens (tertiary/aromatic N) is 4. The number of carbonyl (C=O) groups excluding carboxylic acids is 2. The van der Waals surface area contributed by atoms with Crippen molar-refractivity contribution in [2.45, 2.75) is 32.3 Å². The number of nitrogen functional groups attached to an aromatic ring is 1. The molecule has 0 saturated carbocycles. The Bertz CT molecular complexity index is 824. The van der Waals surface area contributed by atoms with E-state index < -0.39 is 36.3 Å². The smallest absolute Gasteiger partial charge is 0.303 e. The summed E-state index contributed by atoms with van der Waals surface area (Å²) in [6, 6.07) is 0. The van der Waals surface area contributed by atoms with Gasteiger partial charge in [-0.15, -0.1) is 0 Å². The molecule has 0 radical (unpaired) electrons. The Morgan fingerprint density at radius 2 is 2.08 bits per heavy atom. The number of aromatic nitrogens is 4. The van der Waals surface area contributed by atoms with E-state index >= 15 is 0 Å². The molecule has 2 aromatic rings. The Labute approximate surface area is 148 Å². The maximum Gasteiger partial charge on any atom is 0.303 e. The van der Waals surface area contributed by atoms with Crippen molar-refractivity contribution < 1.29 is 28.9 Å². The van der Waals surface area contributed by atoms with Gasteiger partial charge in [-0.1, -0.05) is 0 Å². The zero-order chi connectivity index (χ0) is 18.8. The van der Waals surface area contributed by atoms with Crippen LogP contribution in [-0.2, 0) is 23.8 Å². The summed E-state index contributed by atoms with van der Waals surface area (Å²) in [6.07, 6.45) is 0.374. The number of fused-ring (bicyclic) bond motifs is 1. The lowest BCUT2D eigenvalue weighted by atomic mass is 9.99. The summed E-state index contributed by atoms with van der Waals surface area (Å²) in [7, 11) is 0. The molecule has 140 valence electrons. The number of hydrogen-bond donors (Lipinski definition) is 2. The molecule has 0 aliphatic carbocycles. The second kappa shape index (κ2) is 7.22. The number of aliphatic hydroxyl groups is 1. The first-order chi connectivity index (χ1) is 12.4. The molecule has 3 heterocycles. The van der Waals surface area contributed by atoms with E-state index in [1.165, 1.54) is 26.5 Å². The van der Waals surface area contributed by atoms with E-state index in [1.54, 1.807) is 4.57 Å². The summed E-state index contributed by atoms with van der Waals surface area (Å²) in [4.78, 5) is 35.0. The van der Waals surface area contributed by atoms with Gasteiger partial charge >= 0.3 is 11.9 Å². The fourth-order valence-corrected chi connectivity index (χ4v) is 2.99. The number of imidazole rings is 1. The Balaban J connectivity index is 1.99. The molecule has 0 bridgehead atoms. The van der Waals surface area contributed by atoms with Gasteiger partial charge in [0, 0.05) is 13.8 Å². The predicted molar refractivity (Wildman–Crippen MR) is 86.4 cm³/mol. The maximum atomic E-state index is 11.6. The van der Waals surface area contributed by atoms with Crippen molar-refractivity contribution in [2.75, 3.05) is 18.9 Å². The third-order valence-corrected chi connectivity index (χ3v) is 4.12. The highest BCUT2D eigenvalue weighted by molar-refractivity contribution is 5.81. The van der Waals surface area contributed by atoms with Gasteiger partial charge in [0.1, 0.15) is 18.5 Å². The molecular weight excluding hydrogens is 346 g/mol. The van der Waals surface area contributed by atoms with Crippen LogP contribution in [0.1, 0.15) is 20.1 Å². The SMILES string of the molecule is CC(=O)OCC1C(CO)OC(n2cnc3c(N)ncnc32)C1OC(C)=O. The topological polar surface area (TPSA) is 152 Å². The number of aliphatic hydroxyl groups excluding tert-OH is 1. The second-order valence-electron chi connectivity index (χ2n) is 5.87. The van der Waals surface area contributed by atoms with E-state index in [1.807, 2.05) is 0 Å². The highest BCUT2D eigenvalue weighted by atomic mass is 16.6. The summed E-state index contributed by atoms with van der Waals surface area (Å²) in [5.74, 6) is -1.38. The molecule has 1 aliphatic rings. The molecule has 2 aromatic heterocycles. The van der Waals surface area contributed by atoms with Crippen LogP contribution in [0.25, 0.3) is 11.2 Å². The quantitative estimate of drug-likeness (QED) is 0.657. The number of rotatable bonds is 5. The summed E-state index contributed by atoms with van der Waals surface area (Å²) in [6.45, 7) is 2.12. The lowest BCUT2D eigenvalue weighted by Crippen LogP contribution is -2.35. The van der Waals surface area contributed by atoms with Crippen LogP contribution in [0.15, 0.2) is 12.7 Å². The van der Waals surface area contributed by atoms with Crippen LogP contribution in [0.5, 0.6) is 0 Å². The zero-order valence-electron chi connectivity index (χ0n) is 14.2. The molecule has 3 N–H and O–H groups in total. The number of carbonyl (C=O) groups is 2. The van der Waals surface area contributed by atoms with Crippen LogP contribution < -0.4 is 5.73 Å². The van der Waals surface area contributed by atoms with Crippen molar-refractivity contribution in [3.05, 3.63) is 12.7 Å². The molecule has 3 rings (SSSR count). The fourth-order valence-electron chi connectivity index (χ4n) is 2.99. The molecule has 0 aromatic carbocycles. The third kappa shape index (κ3) is 3.30. The van der Waals surface area contributed by atoms with Crippen molar-refractivity contribution in [3.8, 4) is 0 Å². The molecule has 1 saturated heterocycles. The molecule has 4 atom stereocenters. The summed E-state index contributed by atoms with van der Waals surface area (Å²) in [5.41, 5.74) is 6.56. The highest BCUT2D eigenvalue weighted by Crippen LogP contribution is 2.38. The van der Waals surface area contributed by atoms with Gasteiger partial charge in [-0.25, -0.2) is 15.0 Å². The minimum atomic E-state index is -0.823. The number of ether oxygens (including phenoxy) is 3. The average molecular weight is 365 g/mol. The molecule has 11 heteroatoms. The molecule has 1 fully saturated rings. The standard InChI is InChI=1S/C15H19N5O6/c1-7(22)24-4-9-10(3-21)26-15(12(9)25-8(2)23)20-6-19-11-13(16)17-5-18-14(11)20/h5-6,9-10,12,15,21H,3-4H2,1-2H3,(H2,16,17,18). The first-order valence-electron chi connectivity index (χ1n) is 7.92. The van der Waals surface area contributed by atoms with Crippen molar-refractivity contribution in [1.82, 2.24) is 19.5 Å². The molecule has 0 amide bonds.